The highest BCUT2D eigenvalue weighted by Crippen LogP contribution is 2.24. The van der Waals surface area contributed by atoms with Gasteiger partial charge in [0.05, 0.1) is 5.69 Å². The Labute approximate surface area is 118 Å². The van der Waals surface area contributed by atoms with Gasteiger partial charge in [-0.3, -0.25) is 4.57 Å². The fourth-order valence-corrected chi connectivity index (χ4v) is 2.57. The Morgan fingerprint density at radius 2 is 2.05 bits per heavy atom. The summed E-state index contributed by atoms with van der Waals surface area (Å²) >= 11 is 0. The van der Waals surface area contributed by atoms with Crippen molar-refractivity contribution >= 4 is 5.82 Å². The molecule has 20 heavy (non-hydrogen) atoms. The molecule has 0 spiro atoms. The quantitative estimate of drug-likeness (QED) is 0.659. The average molecular weight is 272 g/mol. The molecule has 106 valence electrons. The van der Waals surface area contributed by atoms with Gasteiger partial charge in [-0.25, -0.2) is 20.8 Å². The Kier molecular flexibility index (Phi) is 3.40. The van der Waals surface area contributed by atoms with E-state index in [-0.39, 0.29) is 5.92 Å². The minimum Gasteiger partial charge on any atom is -0.308 e. The van der Waals surface area contributed by atoms with E-state index in [2.05, 4.69) is 38.8 Å². The van der Waals surface area contributed by atoms with Crippen LogP contribution in [0.4, 0.5) is 5.82 Å². The van der Waals surface area contributed by atoms with Crippen molar-refractivity contribution in [1.82, 2.24) is 19.5 Å². The van der Waals surface area contributed by atoms with Crippen LogP contribution in [-0.4, -0.2) is 19.5 Å². The second-order valence-electron chi connectivity index (χ2n) is 5.48. The van der Waals surface area contributed by atoms with E-state index < -0.39 is 0 Å². The van der Waals surface area contributed by atoms with Gasteiger partial charge < -0.3 is 5.43 Å². The lowest BCUT2D eigenvalue weighted by Gasteiger charge is -2.15. The predicted molar refractivity (Wildman–Crippen MR) is 77.7 cm³/mol. The Hall–Kier alpha value is -1.95. The second-order valence-corrected chi connectivity index (χ2v) is 5.48. The normalized spacial score (nSPS) is 14.4. The van der Waals surface area contributed by atoms with E-state index in [0.29, 0.717) is 5.82 Å². The minimum absolute atomic E-state index is 0.251. The average Bonchev–Trinajstić information content (AvgIpc) is 2.90. The SMILES string of the molecule is CC(C)c1nc(NN)cc(-n2cnc3c2CCCC3)n1. The molecule has 3 N–H and O–H groups in total. The molecule has 0 saturated carbocycles. The van der Waals surface area contributed by atoms with Crippen LogP contribution in [0.1, 0.15) is 49.8 Å². The van der Waals surface area contributed by atoms with Crippen LogP contribution < -0.4 is 11.3 Å². The monoisotopic (exact) mass is 272 g/mol. The van der Waals surface area contributed by atoms with Crippen molar-refractivity contribution in [2.45, 2.75) is 45.4 Å². The molecule has 2 heterocycles. The highest BCUT2D eigenvalue weighted by atomic mass is 15.3. The summed E-state index contributed by atoms with van der Waals surface area (Å²) in [5.74, 6) is 8.03. The van der Waals surface area contributed by atoms with Gasteiger partial charge in [0.15, 0.2) is 0 Å². The summed E-state index contributed by atoms with van der Waals surface area (Å²) in [7, 11) is 0. The molecule has 1 aliphatic rings. The van der Waals surface area contributed by atoms with Crippen LogP contribution in [0.5, 0.6) is 0 Å². The van der Waals surface area contributed by atoms with Crippen LogP contribution in [0, 0.1) is 0 Å². The van der Waals surface area contributed by atoms with Gasteiger partial charge in [-0.2, -0.15) is 0 Å². The zero-order valence-electron chi connectivity index (χ0n) is 11.9. The first-order valence-electron chi connectivity index (χ1n) is 7.10. The second kappa shape index (κ2) is 5.20. The molecular formula is C14H20N6. The molecule has 0 radical (unpaired) electrons. The number of fused-ring (bicyclic) bond motifs is 1. The van der Waals surface area contributed by atoms with E-state index in [9.17, 15) is 0 Å². The Balaban J connectivity index is 2.09. The molecule has 0 fully saturated rings. The number of nitrogens with one attached hydrogen (secondary N) is 1. The van der Waals surface area contributed by atoms with E-state index in [0.717, 1.165) is 24.5 Å². The van der Waals surface area contributed by atoms with E-state index in [1.54, 1.807) is 0 Å². The molecule has 2 aromatic heterocycles. The first kappa shape index (κ1) is 13.1. The molecule has 0 aromatic carbocycles. The maximum Gasteiger partial charge on any atom is 0.145 e. The molecule has 0 amide bonds. The number of aryl methyl sites for hydroxylation is 1. The number of nitrogen functional groups attached to an aromatic ring is 1. The zero-order valence-corrected chi connectivity index (χ0v) is 11.9. The number of nitrogens with zero attached hydrogens (tertiary/aromatic N) is 4. The van der Waals surface area contributed by atoms with E-state index >= 15 is 0 Å². The molecule has 1 aliphatic carbocycles. The van der Waals surface area contributed by atoms with Gasteiger partial charge in [0, 0.05) is 17.7 Å². The third kappa shape index (κ3) is 2.27. The van der Waals surface area contributed by atoms with Crippen molar-refractivity contribution in [3.63, 3.8) is 0 Å². The summed E-state index contributed by atoms with van der Waals surface area (Å²) in [6.45, 7) is 4.14. The molecule has 3 rings (SSSR count). The van der Waals surface area contributed by atoms with Crippen LogP contribution in [0.2, 0.25) is 0 Å². The third-order valence-electron chi connectivity index (χ3n) is 3.67. The molecule has 0 atom stereocenters. The van der Waals surface area contributed by atoms with Gasteiger partial charge in [0.25, 0.3) is 0 Å². The van der Waals surface area contributed by atoms with E-state index in [1.807, 2.05) is 12.4 Å². The van der Waals surface area contributed by atoms with Crippen LogP contribution in [0.25, 0.3) is 5.82 Å². The van der Waals surface area contributed by atoms with Crippen molar-refractivity contribution in [3.8, 4) is 5.82 Å². The van der Waals surface area contributed by atoms with Crippen LogP contribution in [-0.2, 0) is 12.8 Å². The number of hydrogen-bond donors (Lipinski definition) is 2. The number of imidazole rings is 1. The van der Waals surface area contributed by atoms with Gasteiger partial charge in [0.2, 0.25) is 0 Å². The van der Waals surface area contributed by atoms with Gasteiger partial charge >= 0.3 is 0 Å². The Bertz CT molecular complexity index is 616. The topological polar surface area (TPSA) is 81.6 Å². The van der Waals surface area contributed by atoms with Crippen molar-refractivity contribution in [3.05, 3.63) is 29.6 Å². The lowest BCUT2D eigenvalue weighted by atomic mass is 10.0. The predicted octanol–water partition coefficient (Wildman–Crippen LogP) is 1.95. The van der Waals surface area contributed by atoms with Gasteiger partial charge in [-0.1, -0.05) is 13.8 Å². The first-order chi connectivity index (χ1) is 9.69. The Morgan fingerprint density at radius 1 is 1.25 bits per heavy atom. The molecule has 0 aliphatic heterocycles. The number of rotatable bonds is 3. The maximum atomic E-state index is 5.51. The van der Waals surface area contributed by atoms with Crippen LogP contribution >= 0.6 is 0 Å². The summed E-state index contributed by atoms with van der Waals surface area (Å²) in [6.07, 6.45) is 6.42. The van der Waals surface area contributed by atoms with Crippen molar-refractivity contribution in [2.75, 3.05) is 5.43 Å². The number of hydrogen-bond acceptors (Lipinski definition) is 5. The van der Waals surface area contributed by atoms with Crippen LogP contribution in [0.15, 0.2) is 12.4 Å². The lowest BCUT2D eigenvalue weighted by Crippen LogP contribution is -2.14. The molecule has 0 bridgehead atoms. The van der Waals surface area contributed by atoms with Gasteiger partial charge in [-0.05, 0) is 25.7 Å². The van der Waals surface area contributed by atoms with E-state index in [1.165, 1.54) is 24.2 Å². The molecule has 2 aromatic rings. The lowest BCUT2D eigenvalue weighted by molar-refractivity contribution is 0.652. The van der Waals surface area contributed by atoms with Crippen molar-refractivity contribution in [1.29, 1.82) is 0 Å². The molecule has 0 saturated heterocycles. The first-order valence-corrected chi connectivity index (χ1v) is 7.10. The summed E-state index contributed by atoms with van der Waals surface area (Å²) in [5, 5.41) is 0. The fraction of sp³-hybridized carbons (Fsp3) is 0.500. The molecule has 0 unspecified atom stereocenters. The maximum absolute atomic E-state index is 5.51. The van der Waals surface area contributed by atoms with Crippen LogP contribution in [0.3, 0.4) is 0 Å². The number of hydrazine groups is 1. The highest BCUT2D eigenvalue weighted by molar-refractivity contribution is 5.42. The van der Waals surface area contributed by atoms with E-state index in [4.69, 9.17) is 5.84 Å². The summed E-state index contributed by atoms with van der Waals surface area (Å²) < 4.78 is 2.07. The number of aromatic nitrogens is 4. The highest BCUT2D eigenvalue weighted by Gasteiger charge is 2.18. The Morgan fingerprint density at radius 3 is 2.80 bits per heavy atom. The summed E-state index contributed by atoms with van der Waals surface area (Å²) in [4.78, 5) is 13.6. The van der Waals surface area contributed by atoms with Gasteiger partial charge in [-0.15, -0.1) is 0 Å². The summed E-state index contributed by atoms with van der Waals surface area (Å²) in [6, 6.07) is 1.86. The van der Waals surface area contributed by atoms with Crippen molar-refractivity contribution < 1.29 is 0 Å². The molecule has 6 heteroatoms. The van der Waals surface area contributed by atoms with Crippen molar-refractivity contribution in [2.24, 2.45) is 5.84 Å². The number of nitrogens with two attached hydrogens (primary N) is 1. The zero-order chi connectivity index (χ0) is 14.1. The molecule has 6 nitrogen and oxygen atoms in total. The minimum atomic E-state index is 0.251. The van der Waals surface area contributed by atoms with Gasteiger partial charge in [0.1, 0.15) is 23.8 Å². The smallest absolute Gasteiger partial charge is 0.145 e. The number of anilines is 1. The third-order valence-corrected chi connectivity index (χ3v) is 3.67. The largest absolute Gasteiger partial charge is 0.308 e. The fourth-order valence-electron chi connectivity index (χ4n) is 2.57. The molecular weight excluding hydrogens is 252 g/mol. The summed E-state index contributed by atoms with van der Waals surface area (Å²) in [5.41, 5.74) is 5.09. The standard InChI is InChI=1S/C14H20N6/c1-9(2)14-17-12(19-15)7-13(18-14)20-8-16-10-5-3-4-6-11(10)20/h7-9H,3-6,15H2,1-2H3,(H,17,18,19).